The van der Waals surface area contributed by atoms with Crippen LogP contribution in [0.5, 0.6) is 0 Å². The lowest BCUT2D eigenvalue weighted by molar-refractivity contribution is -0.166. The van der Waals surface area contributed by atoms with Gasteiger partial charge in [0.15, 0.2) is 6.10 Å². The molecule has 0 aliphatic rings. The fourth-order valence-electron chi connectivity index (χ4n) is 7.45. The number of hydrogen-bond acceptors (Lipinski definition) is 6. The number of rotatable bonds is 50. The van der Waals surface area contributed by atoms with Crippen LogP contribution in [0.25, 0.3) is 0 Å². The van der Waals surface area contributed by atoms with Crippen LogP contribution in [0.3, 0.4) is 0 Å². The van der Waals surface area contributed by atoms with E-state index in [9.17, 15) is 14.4 Å². The Bertz CT molecular complexity index is 1490. The van der Waals surface area contributed by atoms with Crippen LogP contribution in [0.15, 0.2) is 122 Å². The second kappa shape index (κ2) is 57.4. The highest BCUT2D eigenvalue weighted by atomic mass is 16.6. The van der Waals surface area contributed by atoms with Crippen LogP contribution in [-0.2, 0) is 28.6 Å². The van der Waals surface area contributed by atoms with Gasteiger partial charge in [0.2, 0.25) is 0 Å². The van der Waals surface area contributed by atoms with Crippen LogP contribution in [0.4, 0.5) is 0 Å². The van der Waals surface area contributed by atoms with Crippen molar-refractivity contribution < 1.29 is 28.6 Å². The van der Waals surface area contributed by atoms with Crippen molar-refractivity contribution in [2.24, 2.45) is 0 Å². The average molecular weight is 970 g/mol. The van der Waals surface area contributed by atoms with Gasteiger partial charge in [-0.15, -0.1) is 0 Å². The monoisotopic (exact) mass is 969 g/mol. The topological polar surface area (TPSA) is 78.9 Å². The molecule has 0 aromatic heterocycles. The predicted molar refractivity (Wildman–Crippen MR) is 302 cm³/mol. The lowest BCUT2D eigenvalue weighted by atomic mass is 10.1. The highest BCUT2D eigenvalue weighted by molar-refractivity contribution is 5.71. The lowest BCUT2D eigenvalue weighted by Gasteiger charge is -2.18. The average Bonchev–Trinajstić information content (AvgIpc) is 3.36. The van der Waals surface area contributed by atoms with Crippen molar-refractivity contribution in [3.05, 3.63) is 122 Å². The normalized spacial score (nSPS) is 13.0. The zero-order chi connectivity index (χ0) is 50.7. The molecule has 0 spiro atoms. The van der Waals surface area contributed by atoms with Gasteiger partial charge in [0.25, 0.3) is 0 Å². The van der Waals surface area contributed by atoms with Crippen molar-refractivity contribution in [2.45, 2.75) is 252 Å². The SMILES string of the molecule is CC/C=C\C/C=C\C/C=C\C/C=C\C/C=C\C/C=C\CCC(=O)OCC(COC(=O)CCCCCCCC/C=C\C=C/CCCCC)OC(=O)CCCCCCC/C=C\C=C/CCCCCCCCC. The van der Waals surface area contributed by atoms with Crippen molar-refractivity contribution in [1.82, 2.24) is 0 Å². The Morgan fingerprint density at radius 2 is 0.629 bits per heavy atom. The number of unbranched alkanes of at least 4 members (excludes halogenated alkanes) is 21. The van der Waals surface area contributed by atoms with E-state index in [0.29, 0.717) is 12.8 Å². The van der Waals surface area contributed by atoms with Gasteiger partial charge < -0.3 is 14.2 Å². The molecule has 0 radical (unpaired) electrons. The fraction of sp³-hybridized carbons (Fsp3) is 0.641. The summed E-state index contributed by atoms with van der Waals surface area (Å²) in [5.41, 5.74) is 0. The molecule has 0 bridgehead atoms. The minimum atomic E-state index is -0.826. The molecule has 0 amide bonds. The molecule has 6 nitrogen and oxygen atoms in total. The number of esters is 3. The smallest absolute Gasteiger partial charge is 0.306 e. The van der Waals surface area contributed by atoms with E-state index in [-0.39, 0.29) is 44.0 Å². The van der Waals surface area contributed by atoms with Gasteiger partial charge in [-0.1, -0.05) is 239 Å². The van der Waals surface area contributed by atoms with E-state index in [0.717, 1.165) is 109 Å². The lowest BCUT2D eigenvalue weighted by Crippen LogP contribution is -2.30. The molecule has 0 aliphatic carbocycles. The molecule has 396 valence electrons. The molecule has 0 aromatic carbocycles. The standard InChI is InChI=1S/C64H104O6/c1-4-7-10-13-16-19-22-25-28-30-32-34-36-39-42-45-48-51-54-57-63(66)69-60-61(59-68-62(65)56-53-50-47-44-41-38-35-27-24-21-18-15-12-9-6-3)70-64(67)58-55-52-49-46-43-40-37-33-31-29-26-23-20-17-14-11-8-5-2/h7,10,16,18-19,21,24-25,27-29,31-34,37,39,42,48,51,61H,4-6,8-9,11-15,17,20,22-23,26,30,35-36,38,40-41,43-47,49-50,52-60H2,1-3H3/b10-7-,19-16-,21-18-,27-24-,28-25-,31-29-,34-32-,37-33-,42-39-,51-48-. The van der Waals surface area contributed by atoms with E-state index in [1.54, 1.807) is 0 Å². The van der Waals surface area contributed by atoms with Crippen LogP contribution >= 0.6 is 0 Å². The summed E-state index contributed by atoms with van der Waals surface area (Å²) in [7, 11) is 0. The quantitative estimate of drug-likeness (QED) is 0.0199. The summed E-state index contributed by atoms with van der Waals surface area (Å²) in [6, 6.07) is 0. The third kappa shape index (κ3) is 54.7. The summed E-state index contributed by atoms with van der Waals surface area (Å²) in [6.45, 7) is 6.40. The molecule has 6 heteroatoms. The van der Waals surface area contributed by atoms with E-state index >= 15 is 0 Å². The van der Waals surface area contributed by atoms with Crippen LogP contribution in [0.1, 0.15) is 245 Å². The Morgan fingerprint density at radius 3 is 1.04 bits per heavy atom. The molecule has 0 rings (SSSR count). The van der Waals surface area contributed by atoms with Gasteiger partial charge >= 0.3 is 17.9 Å². The van der Waals surface area contributed by atoms with Crippen LogP contribution < -0.4 is 0 Å². The van der Waals surface area contributed by atoms with Crippen LogP contribution in [0.2, 0.25) is 0 Å². The first-order valence-corrected chi connectivity index (χ1v) is 28.6. The maximum absolute atomic E-state index is 12.9. The molecule has 0 heterocycles. The molecule has 1 atom stereocenters. The Morgan fingerprint density at radius 1 is 0.314 bits per heavy atom. The van der Waals surface area contributed by atoms with E-state index in [1.807, 2.05) is 6.08 Å². The number of allylic oxidation sites excluding steroid dienone is 20. The van der Waals surface area contributed by atoms with Crippen molar-refractivity contribution >= 4 is 17.9 Å². The molecular formula is C64H104O6. The van der Waals surface area contributed by atoms with E-state index in [4.69, 9.17) is 14.2 Å². The number of ether oxygens (including phenoxy) is 3. The van der Waals surface area contributed by atoms with Crippen molar-refractivity contribution in [3.8, 4) is 0 Å². The minimum absolute atomic E-state index is 0.117. The number of carbonyl (C=O) groups excluding carboxylic acids is 3. The Hall–Kier alpha value is -4.19. The third-order valence-electron chi connectivity index (χ3n) is 11.7. The maximum atomic E-state index is 12.9. The highest BCUT2D eigenvalue weighted by Gasteiger charge is 2.19. The maximum Gasteiger partial charge on any atom is 0.306 e. The molecule has 0 aliphatic heterocycles. The molecular weight excluding hydrogens is 865 g/mol. The Labute approximate surface area is 431 Å². The summed E-state index contributed by atoms with van der Waals surface area (Å²) in [5, 5.41) is 0. The Kier molecular flexibility index (Phi) is 54.0. The van der Waals surface area contributed by atoms with Crippen molar-refractivity contribution in [1.29, 1.82) is 0 Å². The van der Waals surface area contributed by atoms with Crippen LogP contribution in [0, 0.1) is 0 Å². The highest BCUT2D eigenvalue weighted by Crippen LogP contribution is 2.13. The Balaban J connectivity index is 4.56. The first kappa shape index (κ1) is 65.8. The largest absolute Gasteiger partial charge is 0.462 e. The van der Waals surface area contributed by atoms with Gasteiger partial charge in [0.1, 0.15) is 13.2 Å². The second-order valence-electron chi connectivity index (χ2n) is 18.5. The molecule has 0 aromatic rings. The fourth-order valence-corrected chi connectivity index (χ4v) is 7.45. The van der Waals surface area contributed by atoms with Gasteiger partial charge in [-0.25, -0.2) is 0 Å². The summed E-state index contributed by atoms with van der Waals surface area (Å²) in [6.07, 6.45) is 79.1. The van der Waals surface area contributed by atoms with Crippen LogP contribution in [-0.4, -0.2) is 37.2 Å². The van der Waals surface area contributed by atoms with Gasteiger partial charge in [0, 0.05) is 19.3 Å². The summed E-state index contributed by atoms with van der Waals surface area (Å²) < 4.78 is 16.8. The molecule has 1 unspecified atom stereocenters. The van der Waals surface area contributed by atoms with Gasteiger partial charge in [-0.3, -0.25) is 14.4 Å². The first-order valence-electron chi connectivity index (χ1n) is 28.6. The van der Waals surface area contributed by atoms with Gasteiger partial charge in [0.05, 0.1) is 0 Å². The van der Waals surface area contributed by atoms with E-state index in [1.165, 1.54) is 89.9 Å². The summed E-state index contributed by atoms with van der Waals surface area (Å²) in [5.74, 6) is -1.03. The molecule has 70 heavy (non-hydrogen) atoms. The number of hydrogen-bond donors (Lipinski definition) is 0. The minimum Gasteiger partial charge on any atom is -0.462 e. The molecule has 0 N–H and O–H groups in total. The zero-order valence-electron chi connectivity index (χ0n) is 45.2. The van der Waals surface area contributed by atoms with Gasteiger partial charge in [-0.2, -0.15) is 0 Å². The third-order valence-corrected chi connectivity index (χ3v) is 11.7. The zero-order valence-corrected chi connectivity index (χ0v) is 45.2. The van der Waals surface area contributed by atoms with E-state index in [2.05, 4.69) is 136 Å². The molecule has 0 saturated heterocycles. The first-order chi connectivity index (χ1) is 34.5. The number of carbonyl (C=O) groups is 3. The van der Waals surface area contributed by atoms with Gasteiger partial charge in [-0.05, 0) is 109 Å². The van der Waals surface area contributed by atoms with E-state index < -0.39 is 6.10 Å². The molecule has 0 fully saturated rings. The summed E-state index contributed by atoms with van der Waals surface area (Å²) in [4.78, 5) is 38.1. The molecule has 0 saturated carbocycles. The predicted octanol–water partition coefficient (Wildman–Crippen LogP) is 19.3. The van der Waals surface area contributed by atoms with Crippen molar-refractivity contribution in [3.63, 3.8) is 0 Å². The second-order valence-corrected chi connectivity index (χ2v) is 18.5. The summed E-state index contributed by atoms with van der Waals surface area (Å²) >= 11 is 0. The van der Waals surface area contributed by atoms with Crippen molar-refractivity contribution in [2.75, 3.05) is 13.2 Å².